The molecule has 0 N–H and O–H groups in total. The van der Waals surface area contributed by atoms with Gasteiger partial charge in [-0.3, -0.25) is 4.79 Å². The minimum atomic E-state index is -0.0300. The minimum Gasteiger partial charge on any atom is -0.497 e. The topological polar surface area (TPSA) is 29.5 Å². The van der Waals surface area contributed by atoms with Crippen LogP contribution in [0.25, 0.3) is 10.1 Å². The van der Waals surface area contributed by atoms with Gasteiger partial charge in [0.25, 0.3) is 5.91 Å². The molecule has 122 valence electrons. The van der Waals surface area contributed by atoms with E-state index in [1.807, 2.05) is 41.3 Å². The number of hydrogen-bond donors (Lipinski definition) is 0. The van der Waals surface area contributed by atoms with E-state index in [4.69, 9.17) is 16.3 Å². The van der Waals surface area contributed by atoms with Crippen molar-refractivity contribution < 1.29 is 9.53 Å². The number of methoxy groups -OCH3 is 1. The summed E-state index contributed by atoms with van der Waals surface area (Å²) in [7, 11) is 1.62. The molecule has 1 aromatic heterocycles. The molecule has 1 atom stereocenters. The molecule has 1 amide bonds. The van der Waals surface area contributed by atoms with Crippen molar-refractivity contribution in [2.75, 3.05) is 12.0 Å². The molecule has 2 aromatic carbocycles. The highest BCUT2D eigenvalue weighted by Gasteiger charge is 2.33. The minimum absolute atomic E-state index is 0.0300. The highest BCUT2D eigenvalue weighted by atomic mass is 35.5. The molecule has 1 aliphatic rings. The fourth-order valence-electron chi connectivity index (χ4n) is 3.30. The average molecular weight is 358 g/mol. The van der Waals surface area contributed by atoms with Crippen molar-refractivity contribution in [2.45, 2.75) is 19.4 Å². The van der Waals surface area contributed by atoms with Gasteiger partial charge in [0.1, 0.15) is 10.6 Å². The van der Waals surface area contributed by atoms with Crippen LogP contribution in [0.4, 0.5) is 5.69 Å². The molecule has 24 heavy (non-hydrogen) atoms. The number of ether oxygens (including phenoxy) is 1. The predicted molar refractivity (Wildman–Crippen MR) is 99.8 cm³/mol. The Morgan fingerprint density at radius 2 is 2.08 bits per heavy atom. The molecule has 0 spiro atoms. The molecular weight excluding hydrogens is 342 g/mol. The number of amides is 1. The molecular formula is C19H16ClNO2S. The normalized spacial score (nSPS) is 16.5. The van der Waals surface area contributed by atoms with Crippen LogP contribution in [0.2, 0.25) is 5.02 Å². The Balaban J connectivity index is 1.80. The molecule has 0 radical (unpaired) electrons. The zero-order valence-electron chi connectivity index (χ0n) is 13.4. The molecule has 3 nitrogen and oxygen atoms in total. The predicted octanol–water partition coefficient (Wildman–Crippen LogP) is 5.15. The van der Waals surface area contributed by atoms with E-state index < -0.39 is 0 Å². The van der Waals surface area contributed by atoms with Crippen molar-refractivity contribution in [1.29, 1.82) is 0 Å². The molecule has 3 aromatic rings. The number of thiophene rings is 1. The zero-order chi connectivity index (χ0) is 16.8. The van der Waals surface area contributed by atoms with Crippen molar-refractivity contribution in [2.24, 2.45) is 0 Å². The molecule has 0 bridgehead atoms. The fraction of sp³-hybridized carbons (Fsp3) is 0.211. The summed E-state index contributed by atoms with van der Waals surface area (Å²) in [5, 5.41) is 1.37. The van der Waals surface area contributed by atoms with Crippen molar-refractivity contribution in [3.8, 4) is 5.75 Å². The number of carbonyl (C=O) groups is 1. The Bertz CT molecular complexity index is 950. The van der Waals surface area contributed by atoms with Crippen LogP contribution < -0.4 is 9.64 Å². The van der Waals surface area contributed by atoms with Gasteiger partial charge < -0.3 is 9.64 Å². The Morgan fingerprint density at radius 3 is 2.88 bits per heavy atom. The molecule has 4 rings (SSSR count). The zero-order valence-corrected chi connectivity index (χ0v) is 14.9. The maximum atomic E-state index is 13.2. The smallest absolute Gasteiger partial charge is 0.270 e. The van der Waals surface area contributed by atoms with Gasteiger partial charge >= 0.3 is 0 Å². The third kappa shape index (κ3) is 2.29. The fourth-order valence-corrected chi connectivity index (χ4v) is 4.72. The summed E-state index contributed by atoms with van der Waals surface area (Å²) in [5.74, 6) is 0.707. The van der Waals surface area contributed by atoms with Gasteiger partial charge in [0.05, 0.1) is 12.1 Å². The van der Waals surface area contributed by atoms with Crippen LogP contribution in [0, 0.1) is 0 Å². The summed E-state index contributed by atoms with van der Waals surface area (Å²) in [4.78, 5) is 15.6. The highest BCUT2D eigenvalue weighted by molar-refractivity contribution is 7.21. The standard InChI is InChI=1S/C19H16ClNO2S/c1-11-9-12-5-3-4-6-15(12)21(11)19(22)18-17(20)14-10-13(23-2)7-8-16(14)24-18/h3-8,10-11H,9H2,1-2H3. The second kappa shape index (κ2) is 5.80. The Kier molecular flexibility index (Phi) is 3.74. The van der Waals surface area contributed by atoms with Crippen LogP contribution in [-0.2, 0) is 6.42 Å². The van der Waals surface area contributed by atoms with Crippen molar-refractivity contribution in [1.82, 2.24) is 0 Å². The van der Waals surface area contributed by atoms with E-state index in [0.717, 1.165) is 27.9 Å². The first-order valence-electron chi connectivity index (χ1n) is 7.77. The van der Waals surface area contributed by atoms with Gasteiger partial charge in [-0.1, -0.05) is 29.8 Å². The van der Waals surface area contributed by atoms with Gasteiger partial charge in [-0.05, 0) is 43.2 Å². The molecule has 0 aliphatic carbocycles. The van der Waals surface area contributed by atoms with E-state index in [2.05, 4.69) is 13.0 Å². The summed E-state index contributed by atoms with van der Waals surface area (Å²) in [5.41, 5.74) is 2.19. The summed E-state index contributed by atoms with van der Waals surface area (Å²) in [6.07, 6.45) is 0.873. The number of anilines is 1. The first-order chi connectivity index (χ1) is 11.6. The average Bonchev–Trinajstić information content (AvgIpc) is 3.10. The van der Waals surface area contributed by atoms with Gasteiger partial charge in [0.2, 0.25) is 0 Å². The van der Waals surface area contributed by atoms with Crippen LogP contribution in [-0.4, -0.2) is 19.1 Å². The molecule has 0 fully saturated rings. The second-order valence-electron chi connectivity index (χ2n) is 5.96. The van der Waals surface area contributed by atoms with Crippen molar-refractivity contribution >= 4 is 44.6 Å². The summed E-state index contributed by atoms with van der Waals surface area (Å²) >= 11 is 7.98. The number of fused-ring (bicyclic) bond motifs is 2. The Hall–Kier alpha value is -2.04. The first-order valence-corrected chi connectivity index (χ1v) is 8.97. The van der Waals surface area contributed by atoms with Crippen LogP contribution in [0.5, 0.6) is 5.75 Å². The molecule has 0 saturated heterocycles. The van der Waals surface area contributed by atoms with E-state index in [1.165, 1.54) is 16.9 Å². The molecule has 5 heteroatoms. The largest absolute Gasteiger partial charge is 0.497 e. The summed E-state index contributed by atoms with van der Waals surface area (Å²) < 4.78 is 6.25. The van der Waals surface area contributed by atoms with Gasteiger partial charge in [0.15, 0.2) is 0 Å². The van der Waals surface area contributed by atoms with E-state index in [-0.39, 0.29) is 11.9 Å². The lowest BCUT2D eigenvalue weighted by molar-refractivity contribution is 0.0985. The SMILES string of the molecule is COc1ccc2sc(C(=O)N3c4ccccc4CC3C)c(Cl)c2c1. The maximum absolute atomic E-state index is 13.2. The third-order valence-corrected chi connectivity index (χ3v) is 6.12. The van der Waals surface area contributed by atoms with E-state index >= 15 is 0 Å². The number of nitrogens with zero attached hydrogens (tertiary/aromatic N) is 1. The molecule has 0 saturated carbocycles. The molecule has 1 unspecified atom stereocenters. The van der Waals surface area contributed by atoms with Crippen LogP contribution in [0.15, 0.2) is 42.5 Å². The quantitative estimate of drug-likeness (QED) is 0.634. The third-order valence-electron chi connectivity index (χ3n) is 4.45. The highest BCUT2D eigenvalue weighted by Crippen LogP contribution is 2.40. The van der Waals surface area contributed by atoms with E-state index in [9.17, 15) is 4.79 Å². The number of rotatable bonds is 2. The van der Waals surface area contributed by atoms with Crippen LogP contribution in [0.1, 0.15) is 22.2 Å². The first kappa shape index (κ1) is 15.5. The van der Waals surface area contributed by atoms with Crippen LogP contribution >= 0.6 is 22.9 Å². The monoisotopic (exact) mass is 357 g/mol. The van der Waals surface area contributed by atoms with Crippen molar-refractivity contribution in [3.63, 3.8) is 0 Å². The van der Waals surface area contributed by atoms with Gasteiger partial charge in [-0.2, -0.15) is 0 Å². The number of para-hydroxylation sites is 1. The maximum Gasteiger partial charge on any atom is 0.270 e. The van der Waals surface area contributed by atoms with Crippen molar-refractivity contribution in [3.05, 3.63) is 57.9 Å². The number of carbonyl (C=O) groups excluding carboxylic acids is 1. The van der Waals surface area contributed by atoms with E-state index in [1.54, 1.807) is 7.11 Å². The lowest BCUT2D eigenvalue weighted by atomic mass is 10.1. The van der Waals surface area contributed by atoms with Gasteiger partial charge in [-0.25, -0.2) is 0 Å². The lowest BCUT2D eigenvalue weighted by Crippen LogP contribution is -2.35. The summed E-state index contributed by atoms with van der Waals surface area (Å²) in [6.45, 7) is 2.07. The molecule has 1 aliphatic heterocycles. The summed E-state index contributed by atoms with van der Waals surface area (Å²) in [6, 6.07) is 13.9. The molecule has 2 heterocycles. The Morgan fingerprint density at radius 1 is 1.29 bits per heavy atom. The number of halogens is 1. The second-order valence-corrected chi connectivity index (χ2v) is 7.39. The number of hydrogen-bond acceptors (Lipinski definition) is 3. The Labute approximate surface area is 149 Å². The van der Waals surface area contributed by atoms with Gasteiger partial charge in [-0.15, -0.1) is 11.3 Å². The van der Waals surface area contributed by atoms with Gasteiger partial charge in [0, 0.05) is 21.8 Å². The van der Waals surface area contributed by atoms with E-state index in [0.29, 0.717) is 9.90 Å². The number of benzene rings is 2. The van der Waals surface area contributed by atoms with Crippen LogP contribution in [0.3, 0.4) is 0 Å². The lowest BCUT2D eigenvalue weighted by Gasteiger charge is -2.22.